The minimum absolute atomic E-state index is 0.0243. The number of nitriles is 1. The van der Waals surface area contributed by atoms with Crippen LogP contribution in [-0.2, 0) is 0 Å². The van der Waals surface area contributed by atoms with Crippen LogP contribution in [0.25, 0.3) is 0 Å². The van der Waals surface area contributed by atoms with Crippen LogP contribution in [0, 0.1) is 11.3 Å². The van der Waals surface area contributed by atoms with E-state index in [9.17, 15) is 8.78 Å². The number of rotatable bonds is 6. The van der Waals surface area contributed by atoms with E-state index < -0.39 is 12.5 Å². The van der Waals surface area contributed by atoms with E-state index in [1.807, 2.05) is 19.0 Å². The quantitative estimate of drug-likeness (QED) is 0.845. The smallest absolute Gasteiger partial charge is 0.263 e. The van der Waals surface area contributed by atoms with Crippen molar-refractivity contribution >= 4 is 0 Å². The van der Waals surface area contributed by atoms with Gasteiger partial charge in [-0.2, -0.15) is 5.26 Å². The average Bonchev–Trinajstić information content (AvgIpc) is 2.34. The first-order valence-electron chi connectivity index (χ1n) is 5.70. The Labute approximate surface area is 106 Å². The molecule has 3 nitrogen and oxygen atoms in total. The van der Waals surface area contributed by atoms with Crippen LogP contribution >= 0.6 is 0 Å². The Morgan fingerprint density at radius 3 is 2.22 bits per heavy atom. The molecule has 0 saturated carbocycles. The molecule has 1 atom stereocenters. The minimum Gasteiger partial charge on any atom is -0.308 e. The van der Waals surface area contributed by atoms with Gasteiger partial charge in [0.2, 0.25) is 0 Å². The van der Waals surface area contributed by atoms with Crippen LogP contribution in [0.15, 0.2) is 24.3 Å². The van der Waals surface area contributed by atoms with Crippen molar-refractivity contribution in [2.45, 2.75) is 12.5 Å². The van der Waals surface area contributed by atoms with Gasteiger partial charge in [0.05, 0.1) is 6.07 Å². The summed E-state index contributed by atoms with van der Waals surface area (Å²) in [4.78, 5) is 2.00. The molecule has 1 aromatic carbocycles. The third-order valence-electron chi connectivity index (χ3n) is 2.56. The first-order valence-corrected chi connectivity index (χ1v) is 5.70. The maximum absolute atomic E-state index is 12.4. The predicted molar refractivity (Wildman–Crippen MR) is 66.3 cm³/mol. The maximum atomic E-state index is 12.4. The number of nitrogens with zero attached hydrogens (tertiary/aromatic N) is 2. The summed E-state index contributed by atoms with van der Waals surface area (Å²) in [5.74, 6) is 0. The molecule has 0 aliphatic heterocycles. The van der Waals surface area contributed by atoms with Gasteiger partial charge in [-0.25, -0.2) is 8.78 Å². The number of hydrogen-bond donors (Lipinski definition) is 1. The van der Waals surface area contributed by atoms with Crippen molar-refractivity contribution in [2.24, 2.45) is 0 Å². The van der Waals surface area contributed by atoms with Crippen LogP contribution in [0.3, 0.4) is 0 Å². The van der Waals surface area contributed by atoms with Crippen LogP contribution in [0.5, 0.6) is 0 Å². The average molecular weight is 253 g/mol. The molecule has 18 heavy (non-hydrogen) atoms. The lowest BCUT2D eigenvalue weighted by atomic mass is 10.1. The second kappa shape index (κ2) is 7.04. The molecule has 98 valence electrons. The number of halogens is 2. The van der Waals surface area contributed by atoms with E-state index >= 15 is 0 Å². The van der Waals surface area contributed by atoms with Gasteiger partial charge < -0.3 is 4.90 Å². The van der Waals surface area contributed by atoms with Gasteiger partial charge in [0.15, 0.2) is 0 Å². The lowest BCUT2D eigenvalue weighted by molar-refractivity contribution is 0.151. The predicted octanol–water partition coefficient (Wildman–Crippen LogP) is 2.34. The molecule has 0 aliphatic carbocycles. The highest BCUT2D eigenvalue weighted by Gasteiger charge is 2.11. The lowest BCUT2D eigenvalue weighted by Crippen LogP contribution is -2.29. The van der Waals surface area contributed by atoms with Gasteiger partial charge in [0.25, 0.3) is 6.43 Å². The molecule has 5 heteroatoms. The Morgan fingerprint density at radius 2 is 1.78 bits per heavy atom. The molecule has 0 bridgehead atoms. The van der Waals surface area contributed by atoms with E-state index in [0.29, 0.717) is 12.1 Å². The maximum Gasteiger partial charge on any atom is 0.263 e. The molecule has 0 radical (unpaired) electrons. The van der Waals surface area contributed by atoms with Crippen molar-refractivity contribution in [1.82, 2.24) is 10.2 Å². The van der Waals surface area contributed by atoms with E-state index in [1.165, 1.54) is 12.1 Å². The molecule has 1 aromatic rings. The molecule has 1 unspecified atom stereocenters. The fourth-order valence-corrected chi connectivity index (χ4v) is 1.50. The first kappa shape index (κ1) is 14.6. The summed E-state index contributed by atoms with van der Waals surface area (Å²) >= 11 is 0. The Hall–Kier alpha value is -1.51. The standard InChI is InChI=1S/C13H17F2N3/c1-18(2)8-7-17-12(9-16)10-3-5-11(6-4-10)13(14)15/h3-6,12-13,17H,7-8H2,1-2H3. The summed E-state index contributed by atoms with van der Waals surface area (Å²) in [5.41, 5.74) is 0.685. The lowest BCUT2D eigenvalue weighted by Gasteiger charge is -2.15. The molecular weight excluding hydrogens is 236 g/mol. The van der Waals surface area contributed by atoms with Crippen molar-refractivity contribution in [2.75, 3.05) is 27.2 Å². The van der Waals surface area contributed by atoms with Gasteiger partial charge in [-0.15, -0.1) is 0 Å². The largest absolute Gasteiger partial charge is 0.308 e. The summed E-state index contributed by atoms with van der Waals surface area (Å²) in [7, 11) is 3.89. The Balaban J connectivity index is 2.62. The molecule has 0 aliphatic rings. The molecule has 0 spiro atoms. The number of nitrogens with one attached hydrogen (secondary N) is 1. The molecule has 0 aromatic heterocycles. The van der Waals surface area contributed by atoms with Crippen molar-refractivity contribution in [1.29, 1.82) is 5.26 Å². The number of alkyl halides is 2. The minimum atomic E-state index is -2.47. The summed E-state index contributed by atoms with van der Waals surface area (Å²) in [6.45, 7) is 1.48. The van der Waals surface area contributed by atoms with Crippen LogP contribution in [0.2, 0.25) is 0 Å². The zero-order valence-corrected chi connectivity index (χ0v) is 10.5. The molecule has 0 amide bonds. The highest BCUT2D eigenvalue weighted by atomic mass is 19.3. The van der Waals surface area contributed by atoms with Crippen molar-refractivity contribution in [3.05, 3.63) is 35.4 Å². The zero-order valence-electron chi connectivity index (χ0n) is 10.5. The Kier molecular flexibility index (Phi) is 5.69. The van der Waals surface area contributed by atoms with E-state index in [1.54, 1.807) is 12.1 Å². The highest BCUT2D eigenvalue weighted by molar-refractivity contribution is 5.28. The Bertz CT molecular complexity index is 396. The second-order valence-electron chi connectivity index (χ2n) is 4.29. The second-order valence-corrected chi connectivity index (χ2v) is 4.29. The van der Waals surface area contributed by atoms with Gasteiger partial charge in [0, 0.05) is 18.7 Å². The molecule has 1 N–H and O–H groups in total. The van der Waals surface area contributed by atoms with Crippen LogP contribution in [0.1, 0.15) is 23.6 Å². The molecule has 0 fully saturated rings. The highest BCUT2D eigenvalue weighted by Crippen LogP contribution is 2.21. The van der Waals surface area contributed by atoms with Crippen LogP contribution in [-0.4, -0.2) is 32.1 Å². The van der Waals surface area contributed by atoms with Crippen molar-refractivity contribution in [3.8, 4) is 6.07 Å². The molecular formula is C13H17F2N3. The van der Waals surface area contributed by atoms with Crippen LogP contribution < -0.4 is 5.32 Å². The van der Waals surface area contributed by atoms with Crippen molar-refractivity contribution in [3.63, 3.8) is 0 Å². The normalized spacial score (nSPS) is 12.7. The summed E-state index contributed by atoms with van der Waals surface area (Å²) in [6.07, 6.45) is -2.47. The Morgan fingerprint density at radius 1 is 1.22 bits per heavy atom. The summed E-state index contributed by atoms with van der Waals surface area (Å²) in [6, 6.07) is 7.52. The summed E-state index contributed by atoms with van der Waals surface area (Å²) in [5, 5.41) is 12.1. The third kappa shape index (κ3) is 4.40. The topological polar surface area (TPSA) is 39.1 Å². The van der Waals surface area contributed by atoms with E-state index in [2.05, 4.69) is 11.4 Å². The van der Waals surface area contributed by atoms with Crippen LogP contribution in [0.4, 0.5) is 8.78 Å². The van der Waals surface area contributed by atoms with Gasteiger partial charge in [-0.3, -0.25) is 5.32 Å². The SMILES string of the molecule is CN(C)CCNC(C#N)c1ccc(C(F)F)cc1. The van der Waals surface area contributed by atoms with E-state index in [0.717, 1.165) is 6.54 Å². The number of benzene rings is 1. The molecule has 0 saturated heterocycles. The van der Waals surface area contributed by atoms with E-state index in [-0.39, 0.29) is 5.56 Å². The first-order chi connectivity index (χ1) is 8.54. The zero-order chi connectivity index (χ0) is 13.5. The monoisotopic (exact) mass is 253 g/mol. The fraction of sp³-hybridized carbons (Fsp3) is 0.462. The molecule has 0 heterocycles. The number of likely N-dealkylation sites (N-methyl/N-ethyl adjacent to an activating group) is 1. The van der Waals surface area contributed by atoms with E-state index in [4.69, 9.17) is 5.26 Å². The van der Waals surface area contributed by atoms with Gasteiger partial charge >= 0.3 is 0 Å². The fourth-order valence-electron chi connectivity index (χ4n) is 1.50. The third-order valence-corrected chi connectivity index (χ3v) is 2.56. The van der Waals surface area contributed by atoms with Gasteiger partial charge in [0.1, 0.15) is 6.04 Å². The molecule has 1 rings (SSSR count). The number of hydrogen-bond acceptors (Lipinski definition) is 3. The van der Waals surface area contributed by atoms with Gasteiger partial charge in [-0.05, 0) is 19.7 Å². The van der Waals surface area contributed by atoms with Crippen molar-refractivity contribution < 1.29 is 8.78 Å². The summed E-state index contributed by atoms with van der Waals surface area (Å²) < 4.78 is 24.8. The van der Waals surface area contributed by atoms with Gasteiger partial charge in [-0.1, -0.05) is 24.3 Å².